The number of carbonyl (C=O) groups is 1. The molecule has 0 aromatic heterocycles. The van der Waals surface area contributed by atoms with E-state index in [1.165, 1.54) is 0 Å². The van der Waals surface area contributed by atoms with Gasteiger partial charge in [0.2, 0.25) is 5.90 Å². The van der Waals surface area contributed by atoms with Gasteiger partial charge in [-0.25, -0.2) is 4.99 Å². The summed E-state index contributed by atoms with van der Waals surface area (Å²) >= 11 is 0. The van der Waals surface area contributed by atoms with Gasteiger partial charge in [0.1, 0.15) is 5.75 Å². The summed E-state index contributed by atoms with van der Waals surface area (Å²) < 4.78 is 12.0. The molecule has 200 valence electrons. The van der Waals surface area contributed by atoms with Crippen molar-refractivity contribution in [1.82, 2.24) is 5.32 Å². The van der Waals surface area contributed by atoms with E-state index in [0.29, 0.717) is 61.3 Å². The van der Waals surface area contributed by atoms with E-state index in [9.17, 15) is 9.90 Å². The van der Waals surface area contributed by atoms with Crippen LogP contribution < -0.4 is 10.1 Å². The third kappa shape index (κ3) is 5.99. The number of aliphatic imine (C=N–C) groups is 1. The fourth-order valence-corrected chi connectivity index (χ4v) is 4.89. The van der Waals surface area contributed by atoms with Gasteiger partial charge in [0, 0.05) is 47.2 Å². The summed E-state index contributed by atoms with van der Waals surface area (Å²) in [4.78, 5) is 21.8. The highest BCUT2D eigenvalue weighted by Gasteiger charge is 2.53. The number of hydrogen-bond donors (Lipinski definition) is 3. The van der Waals surface area contributed by atoms with Crippen molar-refractivity contribution in [3.63, 3.8) is 0 Å². The summed E-state index contributed by atoms with van der Waals surface area (Å²) in [5.74, 6) is 0.614. The standard InChI is InChI=1S/C28H33N5O5/c1-2-16-28(27(36)30-20-10-12-21(35)13-11-20)25(23-6-3-4-7-24(23)32-33-29)38-26(31-28)19-8-14-22(15-9-19)37-18-5-17-34/h2-4,6-9,14-15,20-21,25,34-35H,1,5,10-13,16-18H2,(H,30,36)/t20?,21?,25-,28-/m1/s1. The first-order valence-corrected chi connectivity index (χ1v) is 12.8. The number of carbonyl (C=O) groups excluding carboxylic acids is 1. The molecule has 0 saturated heterocycles. The Morgan fingerprint density at radius 3 is 2.66 bits per heavy atom. The van der Waals surface area contributed by atoms with Gasteiger partial charge >= 0.3 is 0 Å². The fraction of sp³-hybridized carbons (Fsp3) is 0.429. The molecule has 1 fully saturated rings. The molecule has 0 spiro atoms. The van der Waals surface area contributed by atoms with Gasteiger partial charge in [-0.1, -0.05) is 35.5 Å². The molecule has 10 heteroatoms. The number of aliphatic hydroxyl groups excluding tert-OH is 2. The summed E-state index contributed by atoms with van der Waals surface area (Å²) in [6.45, 7) is 4.33. The molecule has 2 aromatic carbocycles. The zero-order valence-electron chi connectivity index (χ0n) is 21.2. The van der Waals surface area contributed by atoms with Crippen LogP contribution in [0.25, 0.3) is 10.4 Å². The fourth-order valence-electron chi connectivity index (χ4n) is 4.89. The van der Waals surface area contributed by atoms with Crippen molar-refractivity contribution in [1.29, 1.82) is 0 Å². The molecule has 1 amide bonds. The first kappa shape index (κ1) is 27.2. The molecule has 2 atom stereocenters. The second kappa shape index (κ2) is 12.6. The molecule has 0 unspecified atom stereocenters. The van der Waals surface area contributed by atoms with Crippen LogP contribution in [0.1, 0.15) is 55.8 Å². The van der Waals surface area contributed by atoms with Crippen LogP contribution in [0.3, 0.4) is 0 Å². The minimum atomic E-state index is -1.38. The Bertz CT molecular complexity index is 1200. The largest absolute Gasteiger partial charge is 0.494 e. The Morgan fingerprint density at radius 2 is 1.97 bits per heavy atom. The van der Waals surface area contributed by atoms with Crippen LogP contribution in [0.4, 0.5) is 5.69 Å². The molecule has 2 aliphatic rings. The SMILES string of the molecule is C=CC[C@@]1(C(=O)NC2CCC(O)CC2)N=C(c2ccc(OCCCO)cc2)O[C@@H]1c1ccccc1N=[N+]=[N-]. The summed E-state index contributed by atoms with van der Waals surface area (Å²) in [5, 5.41) is 25.8. The highest BCUT2D eigenvalue weighted by molar-refractivity contribution is 6.01. The Hall–Kier alpha value is -3.85. The van der Waals surface area contributed by atoms with Crippen LogP contribution in [-0.4, -0.2) is 52.9 Å². The first-order valence-electron chi connectivity index (χ1n) is 12.8. The van der Waals surface area contributed by atoms with E-state index in [1.54, 1.807) is 54.6 Å². The monoisotopic (exact) mass is 519 g/mol. The van der Waals surface area contributed by atoms with Crippen molar-refractivity contribution >= 4 is 17.5 Å². The summed E-state index contributed by atoms with van der Waals surface area (Å²) in [6, 6.07) is 14.1. The Labute approximate surface area is 221 Å². The van der Waals surface area contributed by atoms with Crippen LogP contribution >= 0.6 is 0 Å². The second-order valence-electron chi connectivity index (χ2n) is 9.51. The lowest BCUT2D eigenvalue weighted by Crippen LogP contribution is -2.52. The molecule has 4 rings (SSSR count). The Morgan fingerprint density at radius 1 is 1.24 bits per heavy atom. The molecule has 1 saturated carbocycles. The molecule has 3 N–H and O–H groups in total. The van der Waals surface area contributed by atoms with E-state index in [2.05, 4.69) is 21.9 Å². The van der Waals surface area contributed by atoms with E-state index in [1.807, 2.05) is 0 Å². The molecule has 0 radical (unpaired) electrons. The molecule has 2 aromatic rings. The van der Waals surface area contributed by atoms with Gasteiger partial charge < -0.3 is 25.0 Å². The summed E-state index contributed by atoms with van der Waals surface area (Å²) in [5.41, 5.74) is 9.32. The number of benzene rings is 2. The highest BCUT2D eigenvalue weighted by atomic mass is 16.5. The van der Waals surface area contributed by atoms with E-state index < -0.39 is 11.6 Å². The summed E-state index contributed by atoms with van der Waals surface area (Å²) in [7, 11) is 0. The molecule has 10 nitrogen and oxygen atoms in total. The quantitative estimate of drug-likeness (QED) is 0.130. The number of azide groups is 1. The van der Waals surface area contributed by atoms with Gasteiger partial charge in [-0.3, -0.25) is 4.79 Å². The average molecular weight is 520 g/mol. The van der Waals surface area contributed by atoms with Gasteiger partial charge in [0.25, 0.3) is 5.91 Å². The maximum absolute atomic E-state index is 14.0. The Kier molecular flexibility index (Phi) is 9.02. The van der Waals surface area contributed by atoms with Gasteiger partial charge in [-0.2, -0.15) is 0 Å². The lowest BCUT2D eigenvalue weighted by Gasteiger charge is -2.33. The lowest BCUT2D eigenvalue weighted by molar-refractivity contribution is -0.130. The lowest BCUT2D eigenvalue weighted by atomic mass is 9.83. The van der Waals surface area contributed by atoms with E-state index in [0.717, 1.165) is 0 Å². The first-order chi connectivity index (χ1) is 18.5. The van der Waals surface area contributed by atoms with Crippen molar-refractivity contribution < 1.29 is 24.5 Å². The highest BCUT2D eigenvalue weighted by Crippen LogP contribution is 2.45. The van der Waals surface area contributed by atoms with Gasteiger partial charge in [-0.05, 0) is 55.5 Å². The number of aliphatic hydroxyl groups is 2. The van der Waals surface area contributed by atoms with Crippen molar-refractivity contribution in [2.75, 3.05) is 13.2 Å². The van der Waals surface area contributed by atoms with Crippen LogP contribution in [0, 0.1) is 0 Å². The number of rotatable bonds is 11. The van der Waals surface area contributed by atoms with Crippen molar-refractivity contribution in [3.05, 3.63) is 82.8 Å². The number of amides is 1. The summed E-state index contributed by atoms with van der Waals surface area (Å²) in [6.07, 6.45) is 3.74. The zero-order chi connectivity index (χ0) is 27.0. The van der Waals surface area contributed by atoms with Gasteiger partial charge in [0.15, 0.2) is 11.6 Å². The second-order valence-corrected chi connectivity index (χ2v) is 9.51. The zero-order valence-corrected chi connectivity index (χ0v) is 21.2. The van der Waals surface area contributed by atoms with Crippen molar-refractivity contribution in [2.24, 2.45) is 10.1 Å². The van der Waals surface area contributed by atoms with Crippen LogP contribution in [0.15, 0.2) is 71.3 Å². The van der Waals surface area contributed by atoms with E-state index >= 15 is 0 Å². The topological polar surface area (TPSA) is 149 Å². The molecule has 0 bridgehead atoms. The Balaban J connectivity index is 1.71. The normalized spacial score (nSPS) is 24.5. The minimum absolute atomic E-state index is 0.0519. The predicted molar refractivity (Wildman–Crippen MR) is 143 cm³/mol. The average Bonchev–Trinajstić information content (AvgIpc) is 3.32. The molecular weight excluding hydrogens is 486 g/mol. The van der Waals surface area contributed by atoms with Crippen LogP contribution in [-0.2, 0) is 9.53 Å². The third-order valence-corrected chi connectivity index (χ3v) is 6.89. The van der Waals surface area contributed by atoms with Crippen molar-refractivity contribution in [3.8, 4) is 5.75 Å². The molecule has 1 aliphatic carbocycles. The predicted octanol–water partition coefficient (Wildman–Crippen LogP) is 4.64. The van der Waals surface area contributed by atoms with E-state index in [4.69, 9.17) is 25.1 Å². The minimum Gasteiger partial charge on any atom is -0.494 e. The van der Waals surface area contributed by atoms with Crippen LogP contribution in [0.2, 0.25) is 0 Å². The van der Waals surface area contributed by atoms with Gasteiger partial charge in [0.05, 0.1) is 12.7 Å². The molecule has 1 aliphatic heterocycles. The number of ether oxygens (including phenoxy) is 2. The molecule has 38 heavy (non-hydrogen) atoms. The van der Waals surface area contributed by atoms with Gasteiger partial charge in [-0.15, -0.1) is 6.58 Å². The number of hydrogen-bond acceptors (Lipinski definition) is 7. The smallest absolute Gasteiger partial charge is 0.252 e. The maximum atomic E-state index is 14.0. The number of nitrogens with zero attached hydrogens (tertiary/aromatic N) is 4. The third-order valence-electron chi connectivity index (χ3n) is 6.89. The maximum Gasteiger partial charge on any atom is 0.252 e. The van der Waals surface area contributed by atoms with E-state index in [-0.39, 0.29) is 37.0 Å². The van der Waals surface area contributed by atoms with Crippen LogP contribution in [0.5, 0.6) is 5.75 Å². The number of nitrogens with one attached hydrogen (secondary N) is 1. The molecular formula is C28H33N5O5. The molecule has 1 heterocycles. The van der Waals surface area contributed by atoms with Crippen molar-refractivity contribution in [2.45, 2.75) is 62.3 Å².